The van der Waals surface area contributed by atoms with E-state index < -0.39 is 5.91 Å². The Balaban J connectivity index is 2.14. The summed E-state index contributed by atoms with van der Waals surface area (Å²) < 4.78 is 0. The Hall–Kier alpha value is -2.34. The lowest BCUT2D eigenvalue weighted by atomic mass is 10.0. The largest absolute Gasteiger partial charge is 0.343 e. The van der Waals surface area contributed by atoms with E-state index in [4.69, 9.17) is 5.26 Å². The van der Waals surface area contributed by atoms with Crippen molar-refractivity contribution in [1.29, 1.82) is 5.26 Å². The highest BCUT2D eigenvalue weighted by Crippen LogP contribution is 2.18. The van der Waals surface area contributed by atoms with E-state index in [0.29, 0.717) is 6.54 Å². The van der Waals surface area contributed by atoms with Crippen molar-refractivity contribution in [2.24, 2.45) is 0 Å². The van der Waals surface area contributed by atoms with Gasteiger partial charge in [-0.05, 0) is 22.8 Å². The number of nitrogens with one attached hydrogen (secondary N) is 1. The van der Waals surface area contributed by atoms with Gasteiger partial charge in [-0.3, -0.25) is 4.79 Å². The first-order valence-corrected chi connectivity index (χ1v) is 5.46. The van der Waals surface area contributed by atoms with Crippen LogP contribution in [0.2, 0.25) is 0 Å². The number of carbonyl (C=O) groups is 1. The van der Waals surface area contributed by atoms with Gasteiger partial charge in [-0.1, -0.05) is 42.5 Å². The highest BCUT2D eigenvalue weighted by molar-refractivity contribution is 5.91. The first-order valence-electron chi connectivity index (χ1n) is 5.46. The zero-order chi connectivity index (χ0) is 12.1. The maximum atomic E-state index is 10.8. The van der Waals surface area contributed by atoms with Crippen LogP contribution in [0.1, 0.15) is 5.56 Å². The summed E-state index contributed by atoms with van der Waals surface area (Å²) in [5, 5.41) is 13.3. The second-order valence-electron chi connectivity index (χ2n) is 3.76. The molecule has 0 aromatic heterocycles. The van der Waals surface area contributed by atoms with Crippen LogP contribution in [-0.4, -0.2) is 12.5 Å². The van der Waals surface area contributed by atoms with E-state index in [1.807, 2.05) is 24.3 Å². The zero-order valence-corrected chi connectivity index (χ0v) is 9.31. The fraction of sp³-hybridized carbons (Fsp3) is 0.143. The predicted molar refractivity (Wildman–Crippen MR) is 66.3 cm³/mol. The standard InChI is InChI=1S/C14H12N2O/c15-10-14(17)16-9-8-12-6-3-5-11-4-1-2-7-13(11)12/h1-7H,8-9H2,(H,16,17). The van der Waals surface area contributed by atoms with Crippen molar-refractivity contribution in [3.05, 3.63) is 48.0 Å². The Bertz CT molecular complexity index is 579. The van der Waals surface area contributed by atoms with Crippen LogP contribution in [0.5, 0.6) is 0 Å². The summed E-state index contributed by atoms with van der Waals surface area (Å²) in [7, 11) is 0. The molecule has 2 aromatic rings. The molecule has 17 heavy (non-hydrogen) atoms. The fourth-order valence-corrected chi connectivity index (χ4v) is 1.86. The van der Waals surface area contributed by atoms with Gasteiger partial charge >= 0.3 is 5.91 Å². The lowest BCUT2D eigenvalue weighted by Gasteiger charge is -2.06. The van der Waals surface area contributed by atoms with Crippen molar-refractivity contribution >= 4 is 16.7 Å². The monoisotopic (exact) mass is 224 g/mol. The minimum Gasteiger partial charge on any atom is -0.343 e. The summed E-state index contributed by atoms with van der Waals surface area (Å²) >= 11 is 0. The Labute approximate surface area is 99.7 Å². The topological polar surface area (TPSA) is 52.9 Å². The number of nitrogens with zero attached hydrogens (tertiary/aromatic N) is 1. The van der Waals surface area contributed by atoms with Crippen LogP contribution in [-0.2, 0) is 11.2 Å². The third-order valence-electron chi connectivity index (χ3n) is 2.66. The van der Waals surface area contributed by atoms with Crippen LogP contribution in [0.15, 0.2) is 42.5 Å². The van der Waals surface area contributed by atoms with Gasteiger partial charge in [0, 0.05) is 6.54 Å². The molecule has 0 aliphatic rings. The number of benzene rings is 2. The minimum atomic E-state index is -0.578. The van der Waals surface area contributed by atoms with Crippen molar-refractivity contribution in [3.8, 4) is 6.07 Å². The molecule has 1 N–H and O–H groups in total. The summed E-state index contributed by atoms with van der Waals surface area (Å²) in [4.78, 5) is 10.8. The number of nitriles is 1. The summed E-state index contributed by atoms with van der Waals surface area (Å²) in [6.07, 6.45) is 0.731. The molecule has 0 fully saturated rings. The smallest absolute Gasteiger partial charge is 0.322 e. The maximum absolute atomic E-state index is 10.8. The van der Waals surface area contributed by atoms with Crippen LogP contribution in [0.25, 0.3) is 10.8 Å². The van der Waals surface area contributed by atoms with Crippen LogP contribution < -0.4 is 5.32 Å². The highest BCUT2D eigenvalue weighted by Gasteiger charge is 2.01. The third-order valence-corrected chi connectivity index (χ3v) is 2.66. The first kappa shape index (κ1) is 11.2. The van der Waals surface area contributed by atoms with Crippen LogP contribution >= 0.6 is 0 Å². The molecule has 0 unspecified atom stereocenters. The number of rotatable bonds is 3. The molecule has 3 nitrogen and oxygen atoms in total. The van der Waals surface area contributed by atoms with E-state index >= 15 is 0 Å². The van der Waals surface area contributed by atoms with Crippen LogP contribution in [0.3, 0.4) is 0 Å². The number of amides is 1. The zero-order valence-electron chi connectivity index (χ0n) is 9.31. The normalized spacial score (nSPS) is 9.82. The highest BCUT2D eigenvalue weighted by atomic mass is 16.1. The maximum Gasteiger partial charge on any atom is 0.322 e. The Morgan fingerprint density at radius 2 is 1.94 bits per heavy atom. The molecule has 0 bridgehead atoms. The van der Waals surface area contributed by atoms with Crippen LogP contribution in [0.4, 0.5) is 0 Å². The molecule has 3 heteroatoms. The molecule has 0 atom stereocenters. The summed E-state index contributed by atoms with van der Waals surface area (Å²) in [5.74, 6) is -0.578. The molecule has 84 valence electrons. The molecule has 0 saturated carbocycles. The molecular weight excluding hydrogens is 212 g/mol. The van der Waals surface area contributed by atoms with Crippen molar-refractivity contribution in [2.45, 2.75) is 6.42 Å². The Morgan fingerprint density at radius 3 is 2.76 bits per heavy atom. The van der Waals surface area contributed by atoms with E-state index in [1.54, 1.807) is 0 Å². The molecule has 0 radical (unpaired) electrons. The number of carbonyl (C=O) groups excluding carboxylic acids is 1. The van der Waals surface area contributed by atoms with Crippen molar-refractivity contribution in [2.75, 3.05) is 6.54 Å². The molecule has 0 aliphatic heterocycles. The van der Waals surface area contributed by atoms with Gasteiger partial charge in [-0.25, -0.2) is 0 Å². The van der Waals surface area contributed by atoms with Gasteiger partial charge in [0.1, 0.15) is 0 Å². The van der Waals surface area contributed by atoms with E-state index in [1.165, 1.54) is 22.4 Å². The van der Waals surface area contributed by atoms with Gasteiger partial charge in [0.05, 0.1) is 0 Å². The van der Waals surface area contributed by atoms with E-state index in [9.17, 15) is 4.79 Å². The molecule has 0 spiro atoms. The molecule has 0 heterocycles. The first-order chi connectivity index (χ1) is 8.31. The summed E-state index contributed by atoms with van der Waals surface area (Å²) in [5.41, 5.74) is 1.18. The minimum absolute atomic E-state index is 0.487. The molecular formula is C14H12N2O. The average Bonchev–Trinajstić information content (AvgIpc) is 2.39. The SMILES string of the molecule is N#CC(=O)NCCc1cccc2ccccc12. The summed E-state index contributed by atoms with van der Waals surface area (Å²) in [6.45, 7) is 0.487. The lowest BCUT2D eigenvalue weighted by molar-refractivity contribution is -0.115. The van der Waals surface area contributed by atoms with Gasteiger partial charge in [-0.15, -0.1) is 0 Å². The van der Waals surface area contributed by atoms with Gasteiger partial charge in [0.15, 0.2) is 6.07 Å². The Kier molecular flexibility index (Phi) is 3.37. The quantitative estimate of drug-likeness (QED) is 0.811. The van der Waals surface area contributed by atoms with Gasteiger partial charge in [0.25, 0.3) is 0 Å². The van der Waals surface area contributed by atoms with Gasteiger partial charge < -0.3 is 5.32 Å². The van der Waals surface area contributed by atoms with Crippen LogP contribution in [0, 0.1) is 11.3 Å². The molecule has 0 aliphatic carbocycles. The second kappa shape index (κ2) is 5.13. The van der Waals surface area contributed by atoms with Gasteiger partial charge in [-0.2, -0.15) is 5.26 Å². The Morgan fingerprint density at radius 1 is 1.18 bits per heavy atom. The van der Waals surface area contributed by atoms with Crippen molar-refractivity contribution in [1.82, 2.24) is 5.32 Å². The molecule has 2 rings (SSSR count). The van der Waals surface area contributed by atoms with Crippen molar-refractivity contribution < 1.29 is 4.79 Å². The van der Waals surface area contributed by atoms with E-state index in [2.05, 4.69) is 23.5 Å². The van der Waals surface area contributed by atoms with E-state index in [-0.39, 0.29) is 0 Å². The number of fused-ring (bicyclic) bond motifs is 1. The molecule has 2 aromatic carbocycles. The average molecular weight is 224 g/mol. The lowest BCUT2D eigenvalue weighted by Crippen LogP contribution is -2.23. The fourth-order valence-electron chi connectivity index (χ4n) is 1.86. The summed E-state index contributed by atoms with van der Waals surface area (Å²) in [6, 6.07) is 15.8. The number of hydrogen-bond acceptors (Lipinski definition) is 2. The number of hydrogen-bond donors (Lipinski definition) is 1. The third kappa shape index (κ3) is 2.61. The predicted octanol–water partition coefficient (Wildman–Crippen LogP) is 2.02. The second-order valence-corrected chi connectivity index (χ2v) is 3.76. The van der Waals surface area contributed by atoms with E-state index in [0.717, 1.165) is 6.42 Å². The molecule has 1 amide bonds. The molecule has 0 saturated heterocycles. The van der Waals surface area contributed by atoms with Gasteiger partial charge in [0.2, 0.25) is 0 Å². The van der Waals surface area contributed by atoms with Crippen molar-refractivity contribution in [3.63, 3.8) is 0 Å².